The smallest absolute Gasteiger partial charge is 0.282 e. The van der Waals surface area contributed by atoms with E-state index in [2.05, 4.69) is 0 Å². The molecular formula is C13H25N3O5S. The molecule has 0 N–H and O–H groups in total. The van der Waals surface area contributed by atoms with Gasteiger partial charge in [-0.15, -0.1) is 0 Å². The zero-order valence-electron chi connectivity index (χ0n) is 13.2. The Morgan fingerprint density at radius 1 is 1.14 bits per heavy atom. The van der Waals surface area contributed by atoms with Gasteiger partial charge in [0.2, 0.25) is 0 Å². The predicted molar refractivity (Wildman–Crippen MR) is 80.6 cm³/mol. The van der Waals surface area contributed by atoms with E-state index in [-0.39, 0.29) is 12.5 Å². The summed E-state index contributed by atoms with van der Waals surface area (Å²) in [5.74, 6) is -0.111. The molecule has 1 amide bonds. The van der Waals surface area contributed by atoms with Crippen LogP contribution in [0.25, 0.3) is 0 Å². The molecule has 2 saturated heterocycles. The zero-order chi connectivity index (χ0) is 16.2. The van der Waals surface area contributed by atoms with Gasteiger partial charge in [-0.05, 0) is 0 Å². The van der Waals surface area contributed by atoms with Gasteiger partial charge in [-0.2, -0.15) is 17.0 Å². The van der Waals surface area contributed by atoms with Gasteiger partial charge in [0.15, 0.2) is 6.10 Å². The summed E-state index contributed by atoms with van der Waals surface area (Å²) in [6.45, 7) is 7.16. The first kappa shape index (κ1) is 17.6. The Hall–Kier alpha value is -0.740. The van der Waals surface area contributed by atoms with Crippen LogP contribution in [0.3, 0.4) is 0 Å². The lowest BCUT2D eigenvalue weighted by atomic mass is 10.2. The van der Waals surface area contributed by atoms with Gasteiger partial charge >= 0.3 is 0 Å². The largest absolute Gasteiger partial charge is 0.376 e. The number of rotatable bonds is 5. The average molecular weight is 335 g/mol. The Morgan fingerprint density at radius 3 is 2.27 bits per heavy atom. The Kier molecular flexibility index (Phi) is 6.16. The summed E-state index contributed by atoms with van der Waals surface area (Å²) in [6, 6.07) is 0. The van der Waals surface area contributed by atoms with Gasteiger partial charge in [0.05, 0.1) is 19.8 Å². The van der Waals surface area contributed by atoms with Crippen LogP contribution in [-0.2, 0) is 24.5 Å². The van der Waals surface area contributed by atoms with E-state index in [1.165, 1.54) is 8.61 Å². The molecule has 0 bridgehead atoms. The SMILES string of the molecule is CCN(CC)S(=O)(=O)N1CCN(C(=O)C2COCCO2)CC1. The molecule has 0 radical (unpaired) electrons. The Balaban J connectivity index is 1.91. The molecule has 2 aliphatic heterocycles. The molecule has 2 fully saturated rings. The van der Waals surface area contributed by atoms with Gasteiger partial charge in [0.1, 0.15) is 0 Å². The molecule has 8 nitrogen and oxygen atoms in total. The minimum absolute atomic E-state index is 0.111. The minimum Gasteiger partial charge on any atom is -0.376 e. The highest BCUT2D eigenvalue weighted by Crippen LogP contribution is 2.14. The van der Waals surface area contributed by atoms with Gasteiger partial charge < -0.3 is 14.4 Å². The molecule has 0 spiro atoms. The lowest BCUT2D eigenvalue weighted by molar-refractivity contribution is -0.159. The van der Waals surface area contributed by atoms with Gasteiger partial charge in [0.25, 0.3) is 16.1 Å². The predicted octanol–water partition coefficient (Wildman–Crippen LogP) is -0.867. The lowest BCUT2D eigenvalue weighted by Gasteiger charge is -2.37. The van der Waals surface area contributed by atoms with Crippen molar-refractivity contribution in [3.8, 4) is 0 Å². The highest BCUT2D eigenvalue weighted by atomic mass is 32.2. The summed E-state index contributed by atoms with van der Waals surface area (Å²) >= 11 is 0. The first-order valence-corrected chi connectivity index (χ1v) is 9.13. The van der Waals surface area contributed by atoms with Crippen molar-refractivity contribution in [3.05, 3.63) is 0 Å². The van der Waals surface area contributed by atoms with E-state index in [4.69, 9.17) is 9.47 Å². The molecule has 2 rings (SSSR count). The van der Waals surface area contributed by atoms with E-state index < -0.39 is 16.3 Å². The quantitative estimate of drug-likeness (QED) is 0.653. The van der Waals surface area contributed by atoms with Crippen molar-refractivity contribution in [2.45, 2.75) is 20.0 Å². The van der Waals surface area contributed by atoms with Gasteiger partial charge in [0, 0.05) is 39.3 Å². The Labute approximate surface area is 132 Å². The topological polar surface area (TPSA) is 79.4 Å². The van der Waals surface area contributed by atoms with Crippen molar-refractivity contribution in [2.75, 3.05) is 59.1 Å². The van der Waals surface area contributed by atoms with Gasteiger partial charge in [-0.1, -0.05) is 13.8 Å². The lowest BCUT2D eigenvalue weighted by Crippen LogP contribution is -2.56. The number of ether oxygens (including phenoxy) is 2. The van der Waals surface area contributed by atoms with E-state index >= 15 is 0 Å². The average Bonchev–Trinajstić information content (AvgIpc) is 2.56. The Morgan fingerprint density at radius 2 is 1.77 bits per heavy atom. The highest BCUT2D eigenvalue weighted by molar-refractivity contribution is 7.86. The molecular weight excluding hydrogens is 310 g/mol. The first-order chi connectivity index (χ1) is 10.5. The summed E-state index contributed by atoms with van der Waals surface area (Å²) in [5, 5.41) is 0. The number of hydrogen-bond acceptors (Lipinski definition) is 5. The normalized spacial score (nSPS) is 24.7. The van der Waals surface area contributed by atoms with Crippen LogP contribution in [0.4, 0.5) is 0 Å². The molecule has 0 aliphatic carbocycles. The molecule has 0 aromatic carbocycles. The van der Waals surface area contributed by atoms with Crippen LogP contribution >= 0.6 is 0 Å². The molecule has 0 aromatic heterocycles. The van der Waals surface area contributed by atoms with E-state index in [0.29, 0.717) is 52.5 Å². The van der Waals surface area contributed by atoms with Gasteiger partial charge in [-0.3, -0.25) is 4.79 Å². The van der Waals surface area contributed by atoms with Crippen molar-refractivity contribution in [3.63, 3.8) is 0 Å². The maximum atomic E-state index is 12.4. The summed E-state index contributed by atoms with van der Waals surface area (Å²) < 4.78 is 38.4. The van der Waals surface area contributed by atoms with Crippen molar-refractivity contribution in [2.24, 2.45) is 0 Å². The van der Waals surface area contributed by atoms with Crippen LogP contribution in [0.5, 0.6) is 0 Å². The molecule has 1 atom stereocenters. The van der Waals surface area contributed by atoms with Crippen molar-refractivity contribution < 1.29 is 22.7 Å². The first-order valence-electron chi connectivity index (χ1n) is 7.74. The number of carbonyl (C=O) groups is 1. The highest BCUT2D eigenvalue weighted by Gasteiger charge is 2.34. The van der Waals surface area contributed by atoms with Crippen LogP contribution in [0.2, 0.25) is 0 Å². The van der Waals surface area contributed by atoms with Crippen molar-refractivity contribution >= 4 is 16.1 Å². The van der Waals surface area contributed by atoms with E-state index in [1.807, 2.05) is 13.8 Å². The maximum Gasteiger partial charge on any atom is 0.282 e. The summed E-state index contributed by atoms with van der Waals surface area (Å²) in [5.41, 5.74) is 0. The zero-order valence-corrected chi connectivity index (χ0v) is 14.0. The fraction of sp³-hybridized carbons (Fsp3) is 0.923. The minimum atomic E-state index is -3.43. The summed E-state index contributed by atoms with van der Waals surface area (Å²) in [7, 11) is -3.43. The standard InChI is InChI=1S/C13H25N3O5S/c1-3-15(4-2)22(18,19)16-7-5-14(6-8-16)13(17)12-11-20-9-10-21-12/h12H,3-11H2,1-2H3. The molecule has 22 heavy (non-hydrogen) atoms. The van der Waals surface area contributed by atoms with E-state index in [1.54, 1.807) is 4.90 Å². The number of hydrogen-bond donors (Lipinski definition) is 0. The third-order valence-electron chi connectivity index (χ3n) is 4.00. The van der Waals surface area contributed by atoms with Crippen LogP contribution in [-0.4, -0.2) is 93.0 Å². The van der Waals surface area contributed by atoms with Crippen molar-refractivity contribution in [1.29, 1.82) is 0 Å². The number of piperazine rings is 1. The number of amides is 1. The fourth-order valence-electron chi connectivity index (χ4n) is 2.69. The maximum absolute atomic E-state index is 12.4. The second kappa shape index (κ2) is 7.69. The summed E-state index contributed by atoms with van der Waals surface area (Å²) in [6.07, 6.45) is -0.556. The van der Waals surface area contributed by atoms with E-state index in [0.717, 1.165) is 0 Å². The van der Waals surface area contributed by atoms with Crippen molar-refractivity contribution in [1.82, 2.24) is 13.5 Å². The summed E-state index contributed by atoms with van der Waals surface area (Å²) in [4.78, 5) is 14.0. The van der Waals surface area contributed by atoms with Crippen LogP contribution in [0, 0.1) is 0 Å². The van der Waals surface area contributed by atoms with Gasteiger partial charge in [-0.25, -0.2) is 0 Å². The van der Waals surface area contributed by atoms with Crippen LogP contribution in [0.1, 0.15) is 13.8 Å². The molecule has 128 valence electrons. The second-order valence-corrected chi connectivity index (χ2v) is 7.18. The third kappa shape index (κ3) is 3.77. The molecule has 1 unspecified atom stereocenters. The number of nitrogens with zero attached hydrogens (tertiary/aromatic N) is 3. The second-order valence-electron chi connectivity index (χ2n) is 5.25. The third-order valence-corrected chi connectivity index (χ3v) is 6.19. The molecule has 0 saturated carbocycles. The molecule has 0 aromatic rings. The van der Waals surface area contributed by atoms with E-state index in [9.17, 15) is 13.2 Å². The molecule has 2 heterocycles. The fourth-order valence-corrected chi connectivity index (χ4v) is 4.29. The number of carbonyl (C=O) groups excluding carboxylic acids is 1. The molecule has 9 heteroatoms. The van der Waals surface area contributed by atoms with Crippen LogP contribution < -0.4 is 0 Å². The van der Waals surface area contributed by atoms with Crippen LogP contribution in [0.15, 0.2) is 0 Å². The molecule has 2 aliphatic rings. The Bertz CT molecular complexity index is 466. The monoisotopic (exact) mass is 335 g/mol.